The SMILES string of the molecule is CC(C)[C@H](NC(=O)[C@H](CS)NC(=O)[C@@H](NC(=O)[C@H](CCCN=C(N)N)NC(=O)[C@H](CCCCN)NC(=O)CNC(=O)[C@H](CC(N)=O)NC(=O)[C@H](CS)NC(=O)[C@H](Cc1ccc(O)cc1)NC(=O)CCCCCN)C(C)C)C(=O)N[C@@H](CS)C(=O)N[C@@H](CCCN=C(N)N)C(N)=O. The second-order valence-electron chi connectivity index (χ2n) is 23.1. The van der Waals surface area contributed by atoms with Gasteiger partial charge in [-0.2, -0.15) is 37.9 Å². The number of guanidine groups is 2. The number of nitrogens with one attached hydrogen (secondary N) is 11. The van der Waals surface area contributed by atoms with Gasteiger partial charge in [-0.05, 0) is 100 Å². The molecule has 0 aliphatic rings. The number of phenolic OH excluding ortho intramolecular Hbond substituents is 1. The van der Waals surface area contributed by atoms with Crippen molar-refractivity contribution in [2.24, 2.45) is 67.7 Å². The van der Waals surface area contributed by atoms with Gasteiger partial charge in [0.15, 0.2) is 11.9 Å². The molecule has 13 amide bonds. The van der Waals surface area contributed by atoms with Crippen LogP contribution in [0.4, 0.5) is 0 Å². The van der Waals surface area contributed by atoms with Crippen LogP contribution in [0.15, 0.2) is 34.3 Å². The molecule has 0 aliphatic heterocycles. The van der Waals surface area contributed by atoms with Gasteiger partial charge < -0.3 is 109 Å². The van der Waals surface area contributed by atoms with Crippen molar-refractivity contribution in [3.05, 3.63) is 29.8 Å². The molecule has 1 aromatic carbocycles. The number of nitrogens with zero attached hydrogens (tertiary/aromatic N) is 2. The van der Waals surface area contributed by atoms with E-state index in [1.54, 1.807) is 39.8 Å². The number of unbranched alkanes of at least 4 members (excludes halogenated alkanes) is 3. The quantitative estimate of drug-likeness (QED) is 0.0125. The van der Waals surface area contributed by atoms with Gasteiger partial charge in [-0.1, -0.05) is 46.2 Å². The van der Waals surface area contributed by atoms with Gasteiger partial charge in [-0.3, -0.25) is 72.3 Å². The number of amides is 13. The highest BCUT2D eigenvalue weighted by Gasteiger charge is 2.36. The monoisotopic (exact) mass is 1410 g/mol. The topological polar surface area (TPSA) is 607 Å². The third-order valence-corrected chi connectivity index (χ3v) is 15.4. The van der Waals surface area contributed by atoms with Gasteiger partial charge in [-0.15, -0.1) is 0 Å². The number of phenols is 1. The van der Waals surface area contributed by atoms with E-state index >= 15 is 0 Å². The fourth-order valence-corrected chi connectivity index (χ4v) is 9.76. The summed E-state index contributed by atoms with van der Waals surface area (Å²) in [6.07, 6.45) is 1.98. The number of thiol groups is 3. The highest BCUT2D eigenvalue weighted by molar-refractivity contribution is 7.80. The molecule has 1 rings (SSSR count). The minimum Gasteiger partial charge on any atom is -0.508 e. The Hall–Kier alpha value is -8.36. The second kappa shape index (κ2) is 46.7. The molecule has 28 N–H and O–H groups in total. The molecule has 0 unspecified atom stereocenters. The Bertz CT molecular complexity index is 2800. The van der Waals surface area contributed by atoms with E-state index in [0.29, 0.717) is 37.8 Å². The van der Waals surface area contributed by atoms with Gasteiger partial charge >= 0.3 is 0 Å². The summed E-state index contributed by atoms with van der Waals surface area (Å²) in [6, 6.07) is -7.93. The van der Waals surface area contributed by atoms with Crippen LogP contribution in [0.25, 0.3) is 0 Å². The van der Waals surface area contributed by atoms with Crippen molar-refractivity contribution in [1.82, 2.24) is 58.5 Å². The lowest BCUT2D eigenvalue weighted by Gasteiger charge is -2.29. The number of benzene rings is 1. The minimum absolute atomic E-state index is 0.0124. The highest BCUT2D eigenvalue weighted by atomic mass is 32.1. The van der Waals surface area contributed by atoms with Crippen molar-refractivity contribution in [2.75, 3.05) is 50.0 Å². The van der Waals surface area contributed by atoms with Crippen LogP contribution >= 0.6 is 37.9 Å². The summed E-state index contributed by atoms with van der Waals surface area (Å²) in [6.45, 7) is 6.29. The zero-order valence-electron chi connectivity index (χ0n) is 54.7. The van der Waals surface area contributed by atoms with Gasteiger partial charge in [-0.25, -0.2) is 0 Å². The van der Waals surface area contributed by atoms with Crippen molar-refractivity contribution >= 4 is 127 Å². The highest BCUT2D eigenvalue weighted by Crippen LogP contribution is 2.14. The predicted molar refractivity (Wildman–Crippen MR) is 369 cm³/mol. The first kappa shape index (κ1) is 85.7. The molecular weight excluding hydrogens is 1310 g/mol. The maximum Gasteiger partial charge on any atom is 0.244 e. The van der Waals surface area contributed by atoms with Crippen molar-refractivity contribution in [1.29, 1.82) is 0 Å². The van der Waals surface area contributed by atoms with Gasteiger partial charge in [0.05, 0.1) is 13.0 Å². The largest absolute Gasteiger partial charge is 0.508 e. The summed E-state index contributed by atoms with van der Waals surface area (Å²) in [7, 11) is 0. The molecule has 0 saturated carbocycles. The molecule has 96 heavy (non-hydrogen) atoms. The number of aliphatic imine (C=N–C) groups is 2. The molecule has 0 saturated heterocycles. The van der Waals surface area contributed by atoms with E-state index in [1.807, 2.05) is 0 Å². The van der Waals surface area contributed by atoms with Crippen molar-refractivity contribution in [3.8, 4) is 5.75 Å². The Kier molecular flexibility index (Phi) is 41.7. The molecule has 0 heterocycles. The summed E-state index contributed by atoms with van der Waals surface area (Å²) in [5.41, 5.74) is 44.5. The number of nitrogens with two attached hydrogens (primary N) is 8. The summed E-state index contributed by atoms with van der Waals surface area (Å²) in [5, 5.41) is 37.5. The van der Waals surface area contributed by atoms with Crippen LogP contribution in [0.1, 0.15) is 110 Å². The molecule has 0 fully saturated rings. The van der Waals surface area contributed by atoms with Crippen LogP contribution in [0, 0.1) is 11.8 Å². The molecule has 0 aromatic heterocycles. The zero-order valence-corrected chi connectivity index (χ0v) is 57.4. The van der Waals surface area contributed by atoms with Crippen molar-refractivity contribution < 1.29 is 67.4 Å². The van der Waals surface area contributed by atoms with Crippen LogP contribution in [0.3, 0.4) is 0 Å². The zero-order chi connectivity index (χ0) is 72.6. The summed E-state index contributed by atoms with van der Waals surface area (Å²) in [4.78, 5) is 183. The first-order valence-corrected chi connectivity index (χ1v) is 33.2. The predicted octanol–water partition coefficient (Wildman–Crippen LogP) is -6.88. The third-order valence-electron chi connectivity index (χ3n) is 14.3. The Morgan fingerprint density at radius 1 is 0.427 bits per heavy atom. The minimum atomic E-state index is -1.72. The average molecular weight is 1410 g/mol. The molecule has 0 radical (unpaired) electrons. The summed E-state index contributed by atoms with van der Waals surface area (Å²) in [5.74, 6) is -14.0. The number of hydrogen-bond acceptors (Lipinski definition) is 21. The number of primary amides is 2. The second-order valence-corrected chi connectivity index (χ2v) is 24.2. The van der Waals surface area contributed by atoms with E-state index in [2.05, 4.69) is 106 Å². The van der Waals surface area contributed by atoms with Crippen LogP contribution in [0.5, 0.6) is 5.75 Å². The number of rotatable bonds is 48. The number of hydrogen-bond donors (Lipinski definition) is 23. The smallest absolute Gasteiger partial charge is 0.244 e. The first-order valence-electron chi connectivity index (χ1n) is 31.3. The van der Waals surface area contributed by atoms with Crippen molar-refractivity contribution in [3.63, 3.8) is 0 Å². The molecule has 38 heteroatoms. The number of carbonyl (C=O) groups excluding carboxylic acids is 13. The van der Waals surface area contributed by atoms with E-state index in [0.717, 1.165) is 0 Å². The van der Waals surface area contributed by atoms with Crippen LogP contribution < -0.4 is 104 Å². The van der Waals surface area contributed by atoms with E-state index in [9.17, 15) is 67.4 Å². The molecule has 0 aliphatic carbocycles. The first-order chi connectivity index (χ1) is 45.3. The third kappa shape index (κ3) is 34.4. The van der Waals surface area contributed by atoms with E-state index in [1.165, 1.54) is 12.1 Å². The van der Waals surface area contributed by atoms with Crippen LogP contribution in [-0.2, 0) is 68.7 Å². The Balaban J connectivity index is 3.34. The van der Waals surface area contributed by atoms with E-state index in [4.69, 9.17) is 45.9 Å². The maximum atomic E-state index is 14.3. The van der Waals surface area contributed by atoms with Gasteiger partial charge in [0.25, 0.3) is 0 Å². The molecule has 540 valence electrons. The van der Waals surface area contributed by atoms with Crippen LogP contribution in [-0.4, -0.2) is 204 Å². The van der Waals surface area contributed by atoms with Crippen molar-refractivity contribution in [2.45, 2.75) is 172 Å². The Labute approximate surface area is 574 Å². The fourth-order valence-electron chi connectivity index (χ4n) is 8.99. The summed E-state index contributed by atoms with van der Waals surface area (Å²) < 4.78 is 0. The standard InChI is InChI=1S/C58H101N21O14S3/c1-30(2)45(55(92)77-41(29-96)54(91)79-46(31(3)4)56(93)76-40(28-95)52(89)72-34(47(62)84)13-10-22-67-57(63)64)78-50(87)36(14-11-23-68-58(65)66)73-49(86)35(12-7-9-21-60)70-44(83)26-69-48(85)38(25-42(61)81)74-53(90)39(27-94)75-51(88)37(24-32-16-18-33(80)19-17-32)71-43(82)15-6-5-8-20-59/h16-19,30-31,34-41,45-46,80,94-96H,5-15,20-29,59-60H2,1-4H3,(H2,61,81)(H2,62,84)(H,69,85)(H,70,83)(H,71,82)(H,72,89)(H,73,86)(H,74,90)(H,75,88)(H,76,93)(H,77,92)(H,78,87)(H,79,91)(H4,63,64,67)(H4,65,66,68)/t34-,35-,36-,37-,38-,39-,40-,41-,45-,46-/m0/s1. The Morgan fingerprint density at radius 2 is 0.812 bits per heavy atom. The summed E-state index contributed by atoms with van der Waals surface area (Å²) >= 11 is 12.7. The Morgan fingerprint density at radius 3 is 1.27 bits per heavy atom. The van der Waals surface area contributed by atoms with E-state index < -0.39 is 162 Å². The molecule has 1 aromatic rings. The fraction of sp³-hybridized carbons (Fsp3) is 0.638. The van der Waals surface area contributed by atoms with Gasteiger partial charge in [0, 0.05) is 43.2 Å². The molecule has 0 spiro atoms. The maximum absolute atomic E-state index is 14.3. The molecular formula is C58H101N21O14S3. The molecule has 0 bridgehead atoms. The van der Waals surface area contributed by atoms with E-state index in [-0.39, 0.29) is 106 Å². The molecule has 35 nitrogen and oxygen atoms in total. The number of aromatic hydroxyl groups is 1. The lowest BCUT2D eigenvalue weighted by Crippen LogP contribution is -2.62. The van der Waals surface area contributed by atoms with Crippen LogP contribution in [0.2, 0.25) is 0 Å². The van der Waals surface area contributed by atoms with Gasteiger partial charge in [0.1, 0.15) is 66.2 Å². The molecule has 10 atom stereocenters. The number of carbonyl (C=O) groups is 13. The lowest BCUT2D eigenvalue weighted by molar-refractivity contribution is -0.136. The average Bonchev–Trinajstić information content (AvgIpc) is 0.914. The van der Waals surface area contributed by atoms with Gasteiger partial charge in [0.2, 0.25) is 76.8 Å². The normalized spacial score (nSPS) is 14.1. The lowest BCUT2D eigenvalue weighted by atomic mass is 10.0.